The Morgan fingerprint density at radius 1 is 0.756 bits per heavy atom. The Morgan fingerprint density at radius 2 is 1.31 bits per heavy atom. The number of phenols is 2. The van der Waals surface area contributed by atoms with Crippen molar-refractivity contribution in [2.45, 2.75) is 54.8 Å². The second-order valence-corrected chi connectivity index (χ2v) is 10.3. The summed E-state index contributed by atoms with van der Waals surface area (Å²) in [5.41, 5.74) is 1.07. The molecule has 2 aromatic carbocycles. The van der Waals surface area contributed by atoms with E-state index in [1.54, 1.807) is 12.1 Å². The summed E-state index contributed by atoms with van der Waals surface area (Å²) >= 11 is 0. The zero-order chi connectivity index (χ0) is 32.7. The molecule has 2 aliphatic heterocycles. The van der Waals surface area contributed by atoms with Gasteiger partial charge in [-0.15, -0.1) is 0 Å². The van der Waals surface area contributed by atoms with E-state index in [1.165, 1.54) is 48.6 Å². The van der Waals surface area contributed by atoms with E-state index in [0.717, 1.165) is 12.2 Å². The van der Waals surface area contributed by atoms with Crippen molar-refractivity contribution in [3.05, 3.63) is 71.8 Å². The number of phenolic OH excluding ortho intramolecular Hbond substituents is 2. The fraction of sp³-hybridized carbons (Fsp3) is 0.400. The molecule has 2 heterocycles. The lowest BCUT2D eigenvalue weighted by Gasteiger charge is -2.43. The molecule has 0 spiro atoms. The van der Waals surface area contributed by atoms with Gasteiger partial charge in [0.1, 0.15) is 61.3 Å². The highest BCUT2D eigenvalue weighted by Crippen LogP contribution is 2.38. The number of hydrogen-bond donors (Lipinski definition) is 8. The maximum Gasteiger partial charge on any atom is 0.331 e. The van der Waals surface area contributed by atoms with Crippen LogP contribution in [0.2, 0.25) is 0 Å². The molecule has 9 atom stereocenters. The minimum atomic E-state index is -2.46. The Morgan fingerprint density at radius 3 is 1.84 bits per heavy atom. The standard InChI is InChI=1S/C30H34O15/c31-13-20-24(37)26(39)27(40)29(42-20)45-30(15-32)28(43-23(36)12-6-17-3-9-19(34)10-4-17)25(38)21(44-30)14-41-22(35)11-5-16-1-7-18(33)8-2-16/h1-12,20-21,24-29,31-34,37-40H,13-15H2/b11-5+,12-6+/t20-,21-,24-,25-,26+,27-,28+,29-,30+/m1/s1. The van der Waals surface area contributed by atoms with Crippen LogP contribution in [-0.2, 0) is 33.3 Å². The van der Waals surface area contributed by atoms with Gasteiger partial charge in [0.05, 0.1) is 6.61 Å². The van der Waals surface area contributed by atoms with Crippen molar-refractivity contribution >= 4 is 24.1 Å². The molecule has 0 radical (unpaired) electrons. The molecule has 0 aliphatic carbocycles. The number of carbonyl (C=O) groups excluding carboxylic acids is 2. The van der Waals surface area contributed by atoms with Crippen LogP contribution in [0.4, 0.5) is 0 Å². The molecule has 244 valence electrons. The number of carbonyl (C=O) groups is 2. The first-order valence-electron chi connectivity index (χ1n) is 13.7. The quantitative estimate of drug-likeness (QED) is 0.104. The van der Waals surface area contributed by atoms with E-state index in [1.807, 2.05) is 0 Å². The fourth-order valence-corrected chi connectivity index (χ4v) is 4.64. The van der Waals surface area contributed by atoms with Crippen molar-refractivity contribution in [2.75, 3.05) is 19.8 Å². The minimum Gasteiger partial charge on any atom is -0.508 e. The minimum absolute atomic E-state index is 0.00149. The summed E-state index contributed by atoms with van der Waals surface area (Å²) in [5, 5.41) is 80.7. The second-order valence-electron chi connectivity index (χ2n) is 10.3. The van der Waals surface area contributed by atoms with Crippen LogP contribution in [0.3, 0.4) is 0 Å². The van der Waals surface area contributed by atoms with E-state index in [-0.39, 0.29) is 11.5 Å². The van der Waals surface area contributed by atoms with Gasteiger partial charge in [0, 0.05) is 12.2 Å². The average molecular weight is 635 g/mol. The maximum atomic E-state index is 12.8. The van der Waals surface area contributed by atoms with E-state index in [2.05, 4.69) is 0 Å². The molecule has 2 aromatic rings. The molecule has 15 heteroatoms. The van der Waals surface area contributed by atoms with Gasteiger partial charge in [0.25, 0.3) is 0 Å². The Bertz CT molecular complexity index is 1340. The van der Waals surface area contributed by atoms with Gasteiger partial charge in [-0.3, -0.25) is 0 Å². The summed E-state index contributed by atoms with van der Waals surface area (Å²) in [7, 11) is 0. The first-order chi connectivity index (χ1) is 21.5. The maximum absolute atomic E-state index is 12.8. The molecular formula is C30H34O15. The largest absolute Gasteiger partial charge is 0.508 e. The van der Waals surface area contributed by atoms with Crippen molar-refractivity contribution < 1.29 is 74.1 Å². The molecule has 2 aliphatic rings. The molecule has 4 rings (SSSR count). The Hall–Kier alpha value is -3.90. The molecule has 0 amide bonds. The van der Waals surface area contributed by atoms with Gasteiger partial charge < -0.3 is 64.5 Å². The van der Waals surface area contributed by atoms with Gasteiger partial charge in [-0.2, -0.15) is 0 Å². The van der Waals surface area contributed by atoms with Crippen LogP contribution in [0.15, 0.2) is 60.7 Å². The summed E-state index contributed by atoms with van der Waals surface area (Å²) in [6, 6.07) is 11.7. The van der Waals surface area contributed by atoms with Gasteiger partial charge in [-0.25, -0.2) is 9.59 Å². The van der Waals surface area contributed by atoms with Crippen LogP contribution in [0, 0.1) is 0 Å². The first kappa shape index (κ1) is 34.0. The fourth-order valence-electron chi connectivity index (χ4n) is 4.64. The van der Waals surface area contributed by atoms with Gasteiger partial charge in [-0.05, 0) is 47.5 Å². The first-order valence-corrected chi connectivity index (χ1v) is 13.7. The summed E-state index contributed by atoms with van der Waals surface area (Å²) in [5.74, 6) is -4.33. The highest BCUT2D eigenvalue weighted by atomic mass is 16.8. The van der Waals surface area contributed by atoms with E-state index in [0.29, 0.717) is 11.1 Å². The smallest absolute Gasteiger partial charge is 0.331 e. The van der Waals surface area contributed by atoms with Crippen molar-refractivity contribution in [1.82, 2.24) is 0 Å². The van der Waals surface area contributed by atoms with Crippen molar-refractivity contribution in [2.24, 2.45) is 0 Å². The Labute approximate surface area is 256 Å². The molecule has 15 nitrogen and oxygen atoms in total. The summed E-state index contributed by atoms with van der Waals surface area (Å²) in [4.78, 5) is 25.2. The molecule has 45 heavy (non-hydrogen) atoms. The van der Waals surface area contributed by atoms with Crippen LogP contribution in [0.1, 0.15) is 11.1 Å². The van der Waals surface area contributed by atoms with E-state index < -0.39 is 86.6 Å². The summed E-state index contributed by atoms with van der Waals surface area (Å²) in [6.07, 6.45) is -9.11. The molecule has 0 saturated carbocycles. The molecule has 0 aromatic heterocycles. The number of esters is 2. The average Bonchev–Trinajstić information content (AvgIpc) is 3.29. The van der Waals surface area contributed by atoms with Crippen LogP contribution >= 0.6 is 0 Å². The number of hydrogen-bond acceptors (Lipinski definition) is 15. The number of rotatable bonds is 11. The zero-order valence-corrected chi connectivity index (χ0v) is 23.6. The van der Waals surface area contributed by atoms with Crippen LogP contribution in [-0.4, -0.2) is 127 Å². The third-order valence-electron chi connectivity index (χ3n) is 7.10. The highest BCUT2D eigenvalue weighted by molar-refractivity contribution is 5.87. The Balaban J connectivity index is 1.52. The van der Waals surface area contributed by atoms with Crippen molar-refractivity contribution in [3.8, 4) is 11.5 Å². The van der Waals surface area contributed by atoms with Gasteiger partial charge in [0.15, 0.2) is 12.4 Å². The second kappa shape index (κ2) is 14.9. The van der Waals surface area contributed by atoms with Crippen molar-refractivity contribution in [3.63, 3.8) is 0 Å². The predicted octanol–water partition coefficient (Wildman–Crippen LogP) is -1.46. The van der Waals surface area contributed by atoms with Crippen molar-refractivity contribution in [1.29, 1.82) is 0 Å². The lowest BCUT2D eigenvalue weighted by atomic mass is 9.99. The molecule has 2 saturated heterocycles. The molecular weight excluding hydrogens is 600 g/mol. The van der Waals surface area contributed by atoms with Gasteiger partial charge in [-0.1, -0.05) is 24.3 Å². The molecule has 8 N–H and O–H groups in total. The van der Waals surface area contributed by atoms with E-state index in [4.69, 9.17) is 23.7 Å². The summed E-state index contributed by atoms with van der Waals surface area (Å²) < 4.78 is 27.3. The van der Waals surface area contributed by atoms with Gasteiger partial charge >= 0.3 is 11.9 Å². The lowest BCUT2D eigenvalue weighted by Crippen LogP contribution is -2.63. The number of benzene rings is 2. The summed E-state index contributed by atoms with van der Waals surface area (Å²) in [6.45, 7) is -2.54. The number of ether oxygens (including phenoxy) is 5. The molecule has 0 bridgehead atoms. The molecule has 0 unspecified atom stereocenters. The SMILES string of the molecule is O=C(/C=C/c1ccc(O)cc1)OC[C@H]1O[C@@](CO)(O[C@H]2O[C@H](CO)[C@@H](O)[C@H](O)[C@H]2O)[C@@H](OC(=O)/C=C/c2ccc(O)cc2)[C@@H]1O. The van der Waals surface area contributed by atoms with Crippen LogP contribution in [0.25, 0.3) is 12.2 Å². The van der Waals surface area contributed by atoms with Crippen LogP contribution in [0.5, 0.6) is 11.5 Å². The Kier molecular flexibility index (Phi) is 11.3. The number of aliphatic hydroxyl groups is 6. The van der Waals surface area contributed by atoms with Gasteiger partial charge in [0.2, 0.25) is 5.79 Å². The third-order valence-corrected chi connectivity index (χ3v) is 7.10. The zero-order valence-electron chi connectivity index (χ0n) is 23.6. The van der Waals surface area contributed by atoms with E-state index in [9.17, 15) is 50.4 Å². The van der Waals surface area contributed by atoms with Crippen LogP contribution < -0.4 is 0 Å². The number of aromatic hydroxyl groups is 2. The predicted molar refractivity (Wildman–Crippen MR) is 151 cm³/mol. The number of aliphatic hydroxyl groups excluding tert-OH is 6. The normalized spacial score (nSPS) is 31.8. The van der Waals surface area contributed by atoms with E-state index >= 15 is 0 Å². The molecule has 2 fully saturated rings. The third kappa shape index (κ3) is 8.23. The highest BCUT2D eigenvalue weighted by Gasteiger charge is 2.61. The lowest BCUT2D eigenvalue weighted by molar-refractivity contribution is -0.383. The topological polar surface area (TPSA) is 242 Å². The monoisotopic (exact) mass is 634 g/mol.